The van der Waals surface area contributed by atoms with Gasteiger partial charge in [0.25, 0.3) is 5.91 Å². The number of carbonyl (C=O) groups is 1. The maximum Gasteiger partial charge on any atom is 0.253 e. The average Bonchev–Trinajstić information content (AvgIpc) is 2.73. The van der Waals surface area contributed by atoms with Crippen LogP contribution in [0.3, 0.4) is 0 Å². The van der Waals surface area contributed by atoms with Crippen molar-refractivity contribution in [2.45, 2.75) is 11.4 Å². The molecule has 0 aliphatic rings. The zero-order valence-electron chi connectivity index (χ0n) is 9.76. The van der Waals surface area contributed by atoms with Crippen molar-refractivity contribution < 1.29 is 4.79 Å². The Bertz CT molecular complexity index is 568. The van der Waals surface area contributed by atoms with E-state index < -0.39 is 0 Å². The highest BCUT2D eigenvalue weighted by atomic mass is 79.9. The van der Waals surface area contributed by atoms with E-state index in [0.717, 1.165) is 14.2 Å². The average molecular weight is 342 g/mol. The summed E-state index contributed by atoms with van der Waals surface area (Å²) < 4.78 is 1.08. The molecule has 1 aromatic heterocycles. The number of nitrogens with zero attached hydrogens (tertiary/aromatic N) is 1. The first kappa shape index (κ1) is 13.6. The van der Waals surface area contributed by atoms with Crippen LogP contribution in [0, 0.1) is 0 Å². The third kappa shape index (κ3) is 3.37. The van der Waals surface area contributed by atoms with Crippen LogP contribution in [0.1, 0.15) is 15.9 Å². The van der Waals surface area contributed by atoms with Gasteiger partial charge >= 0.3 is 0 Å². The number of benzene rings is 1. The van der Waals surface area contributed by atoms with Crippen molar-refractivity contribution in [2.24, 2.45) is 0 Å². The van der Waals surface area contributed by atoms with Gasteiger partial charge in [-0.1, -0.05) is 6.07 Å². The largest absolute Gasteiger partial charge is 0.337 e. The van der Waals surface area contributed by atoms with E-state index in [4.69, 9.17) is 0 Å². The Kier molecular flexibility index (Phi) is 4.48. The van der Waals surface area contributed by atoms with E-state index in [1.54, 1.807) is 29.4 Å². The molecular weight excluding hydrogens is 330 g/mol. The van der Waals surface area contributed by atoms with Crippen molar-refractivity contribution in [2.75, 3.05) is 7.05 Å². The second-order valence-corrected chi connectivity index (χ2v) is 6.78. The molecule has 1 heterocycles. The quantitative estimate of drug-likeness (QED) is 0.834. The van der Waals surface area contributed by atoms with Gasteiger partial charge in [0.05, 0.1) is 3.79 Å². The molecule has 5 heteroatoms. The van der Waals surface area contributed by atoms with Crippen LogP contribution in [0.4, 0.5) is 0 Å². The molecule has 0 radical (unpaired) electrons. The van der Waals surface area contributed by atoms with Crippen LogP contribution in [-0.4, -0.2) is 17.9 Å². The first-order valence-electron chi connectivity index (χ1n) is 5.33. The predicted molar refractivity (Wildman–Crippen MR) is 81.5 cm³/mol. The van der Waals surface area contributed by atoms with Crippen molar-refractivity contribution in [1.29, 1.82) is 0 Å². The Hall–Kier alpha value is -0.780. The normalized spacial score (nSPS) is 10.4. The van der Waals surface area contributed by atoms with E-state index in [1.807, 2.05) is 29.6 Å². The van der Waals surface area contributed by atoms with E-state index in [-0.39, 0.29) is 5.91 Å². The number of rotatable bonds is 3. The maximum absolute atomic E-state index is 12.2. The van der Waals surface area contributed by atoms with E-state index in [0.29, 0.717) is 12.1 Å². The lowest BCUT2D eigenvalue weighted by Gasteiger charge is -2.16. The molecule has 2 aromatic rings. The fraction of sp³-hybridized carbons (Fsp3) is 0.154. The van der Waals surface area contributed by atoms with Gasteiger partial charge in [-0.15, -0.1) is 24.0 Å². The van der Waals surface area contributed by atoms with Crippen molar-refractivity contribution in [1.82, 2.24) is 4.90 Å². The summed E-state index contributed by atoms with van der Waals surface area (Å²) in [5.41, 5.74) is 1.80. The molecule has 0 atom stereocenters. The summed E-state index contributed by atoms with van der Waals surface area (Å²) in [6.45, 7) is 0.609. The summed E-state index contributed by atoms with van der Waals surface area (Å²) in [5, 5.41) is 2.04. The summed E-state index contributed by atoms with van der Waals surface area (Å²) in [6, 6.07) is 9.32. The van der Waals surface area contributed by atoms with Crippen molar-refractivity contribution in [3.8, 4) is 0 Å². The Morgan fingerprint density at radius 1 is 1.44 bits per heavy atom. The van der Waals surface area contributed by atoms with E-state index >= 15 is 0 Å². The van der Waals surface area contributed by atoms with E-state index in [2.05, 4.69) is 28.6 Å². The minimum Gasteiger partial charge on any atom is -0.337 e. The number of thiol groups is 1. The first-order chi connectivity index (χ1) is 8.56. The van der Waals surface area contributed by atoms with Gasteiger partial charge in [0.1, 0.15) is 0 Å². The SMILES string of the molecule is CN(Cc1csc(Br)c1)C(=O)c1cccc(S)c1. The topological polar surface area (TPSA) is 20.3 Å². The lowest BCUT2D eigenvalue weighted by Crippen LogP contribution is -2.25. The lowest BCUT2D eigenvalue weighted by molar-refractivity contribution is 0.0785. The molecule has 94 valence electrons. The number of hydrogen-bond acceptors (Lipinski definition) is 3. The van der Waals surface area contributed by atoms with Crippen LogP contribution in [0.15, 0.2) is 44.4 Å². The van der Waals surface area contributed by atoms with Gasteiger partial charge in [0.15, 0.2) is 0 Å². The summed E-state index contributed by atoms with van der Waals surface area (Å²) in [4.78, 5) is 14.7. The highest BCUT2D eigenvalue weighted by Crippen LogP contribution is 2.22. The first-order valence-corrected chi connectivity index (χ1v) is 7.45. The molecule has 0 fully saturated rings. The molecule has 0 N–H and O–H groups in total. The Morgan fingerprint density at radius 2 is 2.22 bits per heavy atom. The zero-order chi connectivity index (χ0) is 13.1. The molecule has 2 rings (SSSR count). The summed E-state index contributed by atoms with van der Waals surface area (Å²) in [5.74, 6) is 0.00761. The van der Waals surface area contributed by atoms with Gasteiger partial charge in [-0.05, 0) is 51.1 Å². The number of carbonyl (C=O) groups excluding carboxylic acids is 1. The summed E-state index contributed by atoms with van der Waals surface area (Å²) in [6.07, 6.45) is 0. The molecular formula is C13H12BrNOS2. The number of thiophene rings is 1. The van der Waals surface area contributed by atoms with Crippen LogP contribution < -0.4 is 0 Å². The number of amides is 1. The van der Waals surface area contributed by atoms with Gasteiger partial charge in [-0.2, -0.15) is 0 Å². The fourth-order valence-corrected chi connectivity index (χ4v) is 3.06. The van der Waals surface area contributed by atoms with Crippen LogP contribution in [0.5, 0.6) is 0 Å². The smallest absolute Gasteiger partial charge is 0.253 e. The summed E-state index contributed by atoms with van der Waals surface area (Å²) >= 11 is 9.29. The monoisotopic (exact) mass is 341 g/mol. The van der Waals surface area contributed by atoms with Crippen LogP contribution in [0.2, 0.25) is 0 Å². The van der Waals surface area contributed by atoms with E-state index in [1.165, 1.54) is 0 Å². The Balaban J connectivity index is 2.09. The van der Waals surface area contributed by atoms with Crippen LogP contribution in [-0.2, 0) is 6.54 Å². The third-order valence-corrected chi connectivity index (χ3v) is 4.31. The second kappa shape index (κ2) is 5.91. The minimum absolute atomic E-state index is 0.00761. The van der Waals surface area contributed by atoms with Crippen LogP contribution >= 0.6 is 39.9 Å². The highest BCUT2D eigenvalue weighted by molar-refractivity contribution is 9.11. The molecule has 2 nitrogen and oxygen atoms in total. The van der Waals surface area contributed by atoms with Crippen molar-refractivity contribution >= 4 is 45.8 Å². The molecule has 1 aromatic carbocycles. The molecule has 0 aliphatic carbocycles. The zero-order valence-corrected chi connectivity index (χ0v) is 13.1. The van der Waals surface area contributed by atoms with Gasteiger partial charge in [-0.3, -0.25) is 4.79 Å². The molecule has 18 heavy (non-hydrogen) atoms. The highest BCUT2D eigenvalue weighted by Gasteiger charge is 2.12. The lowest BCUT2D eigenvalue weighted by atomic mass is 10.2. The predicted octanol–water partition coefficient (Wildman–Crippen LogP) is 4.07. The summed E-state index contributed by atoms with van der Waals surface area (Å²) in [7, 11) is 1.80. The Labute approximate surface area is 124 Å². The van der Waals surface area contributed by atoms with E-state index in [9.17, 15) is 4.79 Å². The van der Waals surface area contributed by atoms with Crippen molar-refractivity contribution in [3.05, 3.63) is 50.6 Å². The molecule has 0 saturated heterocycles. The van der Waals surface area contributed by atoms with Gasteiger partial charge in [0.2, 0.25) is 0 Å². The third-order valence-electron chi connectivity index (χ3n) is 2.48. The fourth-order valence-electron chi connectivity index (χ4n) is 1.63. The molecule has 0 bridgehead atoms. The van der Waals surface area contributed by atoms with Gasteiger partial charge < -0.3 is 4.90 Å². The molecule has 0 spiro atoms. The molecule has 0 aliphatic heterocycles. The molecule has 0 saturated carbocycles. The number of halogens is 1. The number of hydrogen-bond donors (Lipinski definition) is 1. The van der Waals surface area contributed by atoms with Gasteiger partial charge in [0, 0.05) is 24.1 Å². The second-order valence-electron chi connectivity index (χ2n) is 3.97. The maximum atomic E-state index is 12.2. The van der Waals surface area contributed by atoms with Gasteiger partial charge in [-0.25, -0.2) is 0 Å². The standard InChI is InChI=1S/C13H12BrNOS2/c1-15(7-9-5-12(14)18-8-9)13(16)10-3-2-4-11(17)6-10/h2-6,8,17H,7H2,1H3. The molecule has 0 unspecified atom stereocenters. The van der Waals surface area contributed by atoms with Crippen LogP contribution in [0.25, 0.3) is 0 Å². The minimum atomic E-state index is 0.00761. The van der Waals surface area contributed by atoms with Crippen molar-refractivity contribution in [3.63, 3.8) is 0 Å². The Morgan fingerprint density at radius 3 is 2.83 bits per heavy atom. The molecule has 1 amide bonds.